The van der Waals surface area contributed by atoms with Crippen LogP contribution in [0.5, 0.6) is 0 Å². The molecule has 2 rings (SSSR count). The molecular weight excluding hydrogens is 273 g/mol. The first kappa shape index (κ1) is 15.0. The van der Waals surface area contributed by atoms with Gasteiger partial charge in [0.1, 0.15) is 5.82 Å². The van der Waals surface area contributed by atoms with Gasteiger partial charge in [-0.3, -0.25) is 0 Å². The Morgan fingerprint density at radius 1 is 1.10 bits per heavy atom. The topological polar surface area (TPSA) is 26.0 Å². The van der Waals surface area contributed by atoms with Crippen LogP contribution in [-0.4, -0.2) is 0 Å². The zero-order valence-corrected chi connectivity index (χ0v) is 12.8. The minimum Gasteiger partial charge on any atom is -0.321 e. The molecule has 0 aromatic heterocycles. The molecule has 0 amide bonds. The van der Waals surface area contributed by atoms with Gasteiger partial charge in [-0.05, 0) is 67.6 Å². The third-order valence-corrected chi connectivity index (χ3v) is 4.10. The monoisotopic (exact) mass is 291 g/mol. The predicted octanol–water partition coefficient (Wildman–Crippen LogP) is 4.51. The van der Waals surface area contributed by atoms with E-state index in [2.05, 4.69) is 26.0 Å². The quantitative estimate of drug-likeness (QED) is 0.884. The lowest BCUT2D eigenvalue weighted by Crippen LogP contribution is -2.35. The zero-order valence-electron chi connectivity index (χ0n) is 12.0. The van der Waals surface area contributed by atoms with Crippen molar-refractivity contribution < 1.29 is 4.39 Å². The van der Waals surface area contributed by atoms with Gasteiger partial charge in [-0.1, -0.05) is 29.8 Å². The maximum atomic E-state index is 13.3. The van der Waals surface area contributed by atoms with Crippen molar-refractivity contribution in [1.29, 1.82) is 0 Å². The molecule has 0 aliphatic carbocycles. The van der Waals surface area contributed by atoms with Crippen LogP contribution in [0.2, 0.25) is 5.02 Å². The van der Waals surface area contributed by atoms with Gasteiger partial charge in [0.25, 0.3) is 0 Å². The van der Waals surface area contributed by atoms with Gasteiger partial charge in [0.05, 0.1) is 0 Å². The highest BCUT2D eigenvalue weighted by molar-refractivity contribution is 6.31. The van der Waals surface area contributed by atoms with Crippen molar-refractivity contribution in [3.63, 3.8) is 0 Å². The number of halogens is 2. The van der Waals surface area contributed by atoms with Gasteiger partial charge in [-0.2, -0.15) is 0 Å². The summed E-state index contributed by atoms with van der Waals surface area (Å²) in [6.45, 7) is 6.07. The molecule has 0 radical (unpaired) electrons. The molecule has 0 spiro atoms. The molecule has 2 aromatic rings. The van der Waals surface area contributed by atoms with Crippen molar-refractivity contribution in [2.75, 3.05) is 0 Å². The van der Waals surface area contributed by atoms with Crippen LogP contribution in [0.25, 0.3) is 0 Å². The van der Waals surface area contributed by atoms with Crippen LogP contribution in [0.3, 0.4) is 0 Å². The van der Waals surface area contributed by atoms with Crippen LogP contribution < -0.4 is 5.73 Å². The normalized spacial score (nSPS) is 14.1. The minimum absolute atomic E-state index is 0.291. The summed E-state index contributed by atoms with van der Waals surface area (Å²) in [5, 5.41) is 0.548. The van der Waals surface area contributed by atoms with Crippen LogP contribution in [-0.2, 0) is 12.0 Å². The Labute approximate surface area is 124 Å². The average Bonchev–Trinajstić information content (AvgIpc) is 2.36. The van der Waals surface area contributed by atoms with Crippen LogP contribution >= 0.6 is 11.6 Å². The number of hydrogen-bond acceptors (Lipinski definition) is 1. The van der Waals surface area contributed by atoms with E-state index < -0.39 is 5.54 Å². The fourth-order valence-electron chi connectivity index (χ4n) is 2.27. The lowest BCUT2D eigenvalue weighted by molar-refractivity contribution is 0.489. The van der Waals surface area contributed by atoms with Crippen molar-refractivity contribution in [2.24, 2.45) is 5.73 Å². The number of hydrogen-bond donors (Lipinski definition) is 1. The van der Waals surface area contributed by atoms with Gasteiger partial charge < -0.3 is 5.73 Å². The van der Waals surface area contributed by atoms with Gasteiger partial charge in [0.15, 0.2) is 0 Å². The van der Waals surface area contributed by atoms with Gasteiger partial charge in [-0.25, -0.2) is 4.39 Å². The van der Waals surface area contributed by atoms with Gasteiger partial charge in [0.2, 0.25) is 0 Å². The van der Waals surface area contributed by atoms with E-state index in [1.165, 1.54) is 23.3 Å². The highest BCUT2D eigenvalue weighted by Crippen LogP contribution is 2.28. The van der Waals surface area contributed by atoms with E-state index in [1.54, 1.807) is 6.07 Å². The molecule has 0 saturated carbocycles. The summed E-state index contributed by atoms with van der Waals surface area (Å²) in [6, 6.07) is 10.5. The summed E-state index contributed by atoms with van der Waals surface area (Å²) in [5.74, 6) is -0.291. The Morgan fingerprint density at radius 3 is 2.45 bits per heavy atom. The second-order valence-electron chi connectivity index (χ2n) is 5.63. The third-order valence-electron chi connectivity index (χ3n) is 3.73. The van der Waals surface area contributed by atoms with E-state index in [1.807, 2.05) is 13.0 Å². The van der Waals surface area contributed by atoms with Crippen molar-refractivity contribution in [3.05, 3.63) is 69.5 Å². The molecule has 0 aliphatic rings. The first-order valence-corrected chi connectivity index (χ1v) is 6.98. The molecule has 20 heavy (non-hydrogen) atoms. The molecular formula is C17H19ClFN. The molecule has 106 valence electrons. The van der Waals surface area contributed by atoms with E-state index in [-0.39, 0.29) is 5.82 Å². The average molecular weight is 292 g/mol. The molecule has 3 heteroatoms. The number of nitrogens with two attached hydrogens (primary N) is 1. The lowest BCUT2D eigenvalue weighted by Gasteiger charge is -2.26. The molecule has 2 N–H and O–H groups in total. The van der Waals surface area contributed by atoms with Crippen molar-refractivity contribution in [2.45, 2.75) is 32.7 Å². The summed E-state index contributed by atoms with van der Waals surface area (Å²) >= 11 is 6.12. The molecule has 0 bridgehead atoms. The summed E-state index contributed by atoms with van der Waals surface area (Å²) in [7, 11) is 0. The van der Waals surface area contributed by atoms with Crippen molar-refractivity contribution >= 4 is 11.6 Å². The third kappa shape index (κ3) is 3.20. The largest absolute Gasteiger partial charge is 0.321 e. The summed E-state index contributed by atoms with van der Waals surface area (Å²) in [5.41, 5.74) is 10.0. The number of rotatable bonds is 3. The molecule has 1 unspecified atom stereocenters. The molecule has 1 nitrogen and oxygen atoms in total. The number of benzene rings is 2. The first-order valence-electron chi connectivity index (χ1n) is 6.60. The maximum absolute atomic E-state index is 13.3. The Morgan fingerprint density at radius 2 is 1.80 bits per heavy atom. The second kappa shape index (κ2) is 5.55. The first-order chi connectivity index (χ1) is 9.29. The fourth-order valence-corrected chi connectivity index (χ4v) is 2.46. The molecule has 0 fully saturated rings. The lowest BCUT2D eigenvalue weighted by atomic mass is 9.85. The van der Waals surface area contributed by atoms with E-state index in [9.17, 15) is 4.39 Å². The molecule has 1 atom stereocenters. The zero-order chi connectivity index (χ0) is 14.9. The molecule has 0 heterocycles. The molecule has 2 aromatic carbocycles. The fraction of sp³-hybridized carbons (Fsp3) is 0.294. The van der Waals surface area contributed by atoms with E-state index in [0.29, 0.717) is 11.4 Å². The molecule has 0 aliphatic heterocycles. The Kier molecular flexibility index (Phi) is 4.17. The standard InChI is InChI=1S/C17H19ClFN/c1-11-4-5-14(8-12(11)2)17(3,20)10-13-9-15(19)6-7-16(13)18/h4-9H,10,20H2,1-3H3. The van der Waals surface area contributed by atoms with E-state index in [4.69, 9.17) is 17.3 Å². The van der Waals surface area contributed by atoms with E-state index in [0.717, 1.165) is 11.1 Å². The highest BCUT2D eigenvalue weighted by Gasteiger charge is 2.23. The smallest absolute Gasteiger partial charge is 0.123 e. The highest BCUT2D eigenvalue weighted by atomic mass is 35.5. The SMILES string of the molecule is Cc1ccc(C(C)(N)Cc2cc(F)ccc2Cl)cc1C. The van der Waals surface area contributed by atoms with Crippen LogP contribution in [0.4, 0.5) is 4.39 Å². The number of aryl methyl sites for hydroxylation is 2. The van der Waals surface area contributed by atoms with E-state index >= 15 is 0 Å². The summed E-state index contributed by atoms with van der Waals surface area (Å²) in [4.78, 5) is 0. The predicted molar refractivity (Wildman–Crippen MR) is 82.6 cm³/mol. The summed E-state index contributed by atoms with van der Waals surface area (Å²) in [6.07, 6.45) is 0.492. The van der Waals surface area contributed by atoms with Gasteiger partial charge in [-0.15, -0.1) is 0 Å². The van der Waals surface area contributed by atoms with Crippen LogP contribution in [0.15, 0.2) is 36.4 Å². The summed E-state index contributed by atoms with van der Waals surface area (Å²) < 4.78 is 13.3. The van der Waals surface area contributed by atoms with Gasteiger partial charge >= 0.3 is 0 Å². The van der Waals surface area contributed by atoms with Crippen molar-refractivity contribution in [1.82, 2.24) is 0 Å². The molecule has 0 saturated heterocycles. The maximum Gasteiger partial charge on any atom is 0.123 e. The Bertz CT molecular complexity index is 635. The minimum atomic E-state index is -0.587. The Hall–Kier alpha value is -1.38. The Balaban J connectivity index is 2.34. The van der Waals surface area contributed by atoms with Crippen molar-refractivity contribution in [3.8, 4) is 0 Å². The van der Waals surface area contributed by atoms with Crippen LogP contribution in [0, 0.1) is 19.7 Å². The van der Waals surface area contributed by atoms with Crippen LogP contribution in [0.1, 0.15) is 29.2 Å². The second-order valence-corrected chi connectivity index (χ2v) is 6.04. The van der Waals surface area contributed by atoms with Gasteiger partial charge in [0, 0.05) is 10.6 Å².